The van der Waals surface area contributed by atoms with Crippen molar-refractivity contribution in [2.75, 3.05) is 0 Å². The predicted octanol–water partition coefficient (Wildman–Crippen LogP) is 5.01. The highest BCUT2D eigenvalue weighted by Gasteiger charge is 2.09. The lowest BCUT2D eigenvalue weighted by Crippen LogP contribution is -1.73. The molecule has 0 amide bonds. The second-order valence-electron chi connectivity index (χ2n) is 2.59. The molecule has 4 heteroatoms. The van der Waals surface area contributed by atoms with E-state index in [2.05, 4.69) is 79.3 Å². The zero-order chi connectivity index (χ0) is 9.42. The van der Waals surface area contributed by atoms with Gasteiger partial charge in [0.2, 0.25) is 0 Å². The fraction of sp³-hybridized carbons (Fsp3) is 0.111. The Kier molecular flexibility index (Phi) is 3.53. The van der Waals surface area contributed by atoms with Gasteiger partial charge >= 0.3 is 0 Å². The number of fused-ring (bicyclic) bond motifs is 1. The van der Waals surface area contributed by atoms with Gasteiger partial charge < -0.3 is 0 Å². The summed E-state index contributed by atoms with van der Waals surface area (Å²) < 4.78 is 4.17. The summed E-state index contributed by atoms with van der Waals surface area (Å²) in [6.07, 6.45) is 0. The van der Waals surface area contributed by atoms with E-state index in [1.165, 1.54) is 22.1 Å². The number of thiophene rings is 1. The van der Waals surface area contributed by atoms with E-state index in [0.717, 1.165) is 5.33 Å². The molecule has 0 saturated carbocycles. The fourth-order valence-corrected chi connectivity index (χ4v) is 5.27. The Hall–Kier alpha value is 1.12. The maximum absolute atomic E-state index is 3.51. The van der Waals surface area contributed by atoms with Gasteiger partial charge in [-0.1, -0.05) is 28.1 Å². The zero-order valence-electron chi connectivity index (χ0n) is 6.48. The van der Waals surface area contributed by atoms with Crippen molar-refractivity contribution in [3.63, 3.8) is 0 Å². The van der Waals surface area contributed by atoms with Crippen molar-refractivity contribution in [2.45, 2.75) is 5.33 Å². The third-order valence-electron chi connectivity index (χ3n) is 1.79. The average Bonchev–Trinajstić information content (AvgIpc) is 2.45. The molecule has 1 aromatic heterocycles. The number of alkyl halides is 1. The van der Waals surface area contributed by atoms with Crippen molar-refractivity contribution in [3.05, 3.63) is 30.2 Å². The SMILES string of the molecule is BrCc1sc2c(I)cccc2c1I. The molecule has 0 aliphatic heterocycles. The van der Waals surface area contributed by atoms with Crippen LogP contribution in [-0.2, 0) is 5.33 Å². The molecule has 0 spiro atoms. The van der Waals surface area contributed by atoms with Crippen LogP contribution in [-0.4, -0.2) is 0 Å². The van der Waals surface area contributed by atoms with E-state index in [0.29, 0.717) is 0 Å². The van der Waals surface area contributed by atoms with Gasteiger partial charge in [-0.3, -0.25) is 0 Å². The van der Waals surface area contributed by atoms with Crippen LogP contribution in [0, 0.1) is 7.14 Å². The number of halogens is 3. The molecule has 0 aliphatic rings. The summed E-state index contributed by atoms with van der Waals surface area (Å²) in [7, 11) is 0. The molecule has 0 bridgehead atoms. The van der Waals surface area contributed by atoms with E-state index in [-0.39, 0.29) is 0 Å². The van der Waals surface area contributed by atoms with E-state index in [1.807, 2.05) is 11.3 Å². The van der Waals surface area contributed by atoms with Gasteiger partial charge in [-0.25, -0.2) is 0 Å². The molecular weight excluding hydrogens is 474 g/mol. The molecule has 68 valence electrons. The average molecular weight is 479 g/mol. The first-order chi connectivity index (χ1) is 6.24. The third kappa shape index (κ3) is 1.91. The van der Waals surface area contributed by atoms with E-state index < -0.39 is 0 Å². The normalized spacial score (nSPS) is 11.0. The van der Waals surface area contributed by atoms with Crippen molar-refractivity contribution in [3.8, 4) is 0 Å². The summed E-state index contributed by atoms with van der Waals surface area (Å²) in [6, 6.07) is 6.48. The highest BCUT2D eigenvalue weighted by Crippen LogP contribution is 2.36. The van der Waals surface area contributed by atoms with Gasteiger partial charge in [-0.15, -0.1) is 11.3 Å². The Balaban J connectivity index is 2.83. The topological polar surface area (TPSA) is 0 Å². The maximum Gasteiger partial charge on any atom is 0.0490 e. The largest absolute Gasteiger partial charge is 0.137 e. The van der Waals surface area contributed by atoms with Crippen molar-refractivity contribution in [1.82, 2.24) is 0 Å². The van der Waals surface area contributed by atoms with Crippen LogP contribution in [0.15, 0.2) is 18.2 Å². The number of benzene rings is 1. The number of hydrogen-bond donors (Lipinski definition) is 0. The van der Waals surface area contributed by atoms with Crippen LogP contribution < -0.4 is 0 Å². The molecule has 0 N–H and O–H groups in total. The highest BCUT2D eigenvalue weighted by atomic mass is 127. The lowest BCUT2D eigenvalue weighted by molar-refractivity contribution is 1.55. The molecule has 0 unspecified atom stereocenters. The van der Waals surface area contributed by atoms with Gasteiger partial charge in [0.1, 0.15) is 0 Å². The van der Waals surface area contributed by atoms with Gasteiger partial charge in [-0.2, -0.15) is 0 Å². The molecule has 0 nitrogen and oxygen atoms in total. The van der Waals surface area contributed by atoms with E-state index in [1.54, 1.807) is 0 Å². The van der Waals surface area contributed by atoms with Gasteiger partial charge in [0.05, 0.1) is 0 Å². The van der Waals surface area contributed by atoms with Gasteiger partial charge in [-0.05, 0) is 51.2 Å². The lowest BCUT2D eigenvalue weighted by atomic mass is 10.2. The first kappa shape index (κ1) is 10.6. The summed E-state index contributed by atoms with van der Waals surface area (Å²) >= 11 is 10.2. The Labute approximate surface area is 117 Å². The summed E-state index contributed by atoms with van der Waals surface area (Å²) in [6.45, 7) is 0. The monoisotopic (exact) mass is 478 g/mol. The second-order valence-corrected chi connectivity index (χ2v) is 6.50. The Morgan fingerprint density at radius 1 is 1.31 bits per heavy atom. The van der Waals surface area contributed by atoms with Crippen molar-refractivity contribution in [1.29, 1.82) is 0 Å². The van der Waals surface area contributed by atoms with Crippen LogP contribution in [0.3, 0.4) is 0 Å². The first-order valence-electron chi connectivity index (χ1n) is 3.65. The van der Waals surface area contributed by atoms with Gasteiger partial charge in [0.25, 0.3) is 0 Å². The molecule has 0 fully saturated rings. The van der Waals surface area contributed by atoms with Gasteiger partial charge in [0, 0.05) is 27.4 Å². The lowest BCUT2D eigenvalue weighted by Gasteiger charge is -1.92. The standard InChI is InChI=1S/C9H5BrI2S/c10-4-7-8(12)5-2-1-3-6(11)9(5)13-7/h1-3H,4H2. The minimum Gasteiger partial charge on any atom is -0.137 e. The highest BCUT2D eigenvalue weighted by molar-refractivity contribution is 14.1. The summed E-state index contributed by atoms with van der Waals surface area (Å²) in [4.78, 5) is 1.43. The number of rotatable bonds is 1. The molecular formula is C9H5BrI2S. The maximum atomic E-state index is 3.51. The van der Waals surface area contributed by atoms with Crippen LogP contribution in [0.4, 0.5) is 0 Å². The minimum absolute atomic E-state index is 0.959. The zero-order valence-corrected chi connectivity index (χ0v) is 13.2. The third-order valence-corrected chi connectivity index (χ3v) is 6.83. The Morgan fingerprint density at radius 3 is 2.69 bits per heavy atom. The van der Waals surface area contributed by atoms with Crippen LogP contribution in [0.5, 0.6) is 0 Å². The molecule has 0 aliphatic carbocycles. The van der Waals surface area contributed by atoms with Crippen molar-refractivity contribution in [2.24, 2.45) is 0 Å². The summed E-state index contributed by atoms with van der Waals surface area (Å²) in [5.74, 6) is 0. The molecule has 1 heterocycles. The van der Waals surface area contributed by atoms with Gasteiger partial charge in [0.15, 0.2) is 0 Å². The molecule has 1 aromatic carbocycles. The molecule has 2 aromatic rings. The Morgan fingerprint density at radius 2 is 2.08 bits per heavy atom. The summed E-state index contributed by atoms with van der Waals surface area (Å²) in [5, 5.41) is 2.35. The van der Waals surface area contributed by atoms with E-state index in [9.17, 15) is 0 Å². The predicted molar refractivity (Wildman–Crippen MR) is 79.9 cm³/mol. The first-order valence-corrected chi connectivity index (χ1v) is 7.75. The molecule has 13 heavy (non-hydrogen) atoms. The smallest absolute Gasteiger partial charge is 0.0490 e. The minimum atomic E-state index is 0.959. The fourth-order valence-electron chi connectivity index (χ4n) is 1.19. The molecule has 0 saturated heterocycles. The van der Waals surface area contributed by atoms with Crippen LogP contribution >= 0.6 is 72.4 Å². The quantitative estimate of drug-likeness (QED) is 0.399. The molecule has 0 radical (unpaired) electrons. The molecule has 0 atom stereocenters. The van der Waals surface area contributed by atoms with Crippen molar-refractivity contribution < 1.29 is 0 Å². The second kappa shape index (κ2) is 4.32. The Bertz CT molecular complexity index is 450. The van der Waals surface area contributed by atoms with Crippen LogP contribution in [0.1, 0.15) is 4.88 Å². The van der Waals surface area contributed by atoms with Crippen molar-refractivity contribution >= 4 is 82.5 Å². The number of hydrogen-bond acceptors (Lipinski definition) is 1. The van der Waals surface area contributed by atoms with Crippen LogP contribution in [0.25, 0.3) is 10.1 Å². The van der Waals surface area contributed by atoms with E-state index in [4.69, 9.17) is 0 Å². The molecule has 2 rings (SSSR count). The van der Waals surface area contributed by atoms with Crippen LogP contribution in [0.2, 0.25) is 0 Å². The summed E-state index contributed by atoms with van der Waals surface area (Å²) in [5.41, 5.74) is 0. The van der Waals surface area contributed by atoms with E-state index >= 15 is 0 Å².